The SMILES string of the molecule is COc1ccc(-n2c(C3CCCCN3C(=O)c3c(C)cc(C)cc3C)nc3cc(-c4nnn[nH]4)ccc32)cc1. The van der Waals surface area contributed by atoms with Crippen molar-refractivity contribution in [1.82, 2.24) is 35.1 Å². The first-order valence-electron chi connectivity index (χ1n) is 13.2. The van der Waals surface area contributed by atoms with E-state index >= 15 is 0 Å². The highest BCUT2D eigenvalue weighted by molar-refractivity contribution is 5.97. The van der Waals surface area contributed by atoms with E-state index in [1.165, 1.54) is 0 Å². The Balaban J connectivity index is 1.51. The number of piperidine rings is 1. The highest BCUT2D eigenvalue weighted by atomic mass is 16.5. The van der Waals surface area contributed by atoms with Crippen molar-refractivity contribution in [2.24, 2.45) is 0 Å². The summed E-state index contributed by atoms with van der Waals surface area (Å²) in [5.74, 6) is 2.27. The molecule has 6 rings (SSSR count). The van der Waals surface area contributed by atoms with E-state index in [4.69, 9.17) is 9.72 Å². The third-order valence-corrected chi connectivity index (χ3v) is 7.58. The van der Waals surface area contributed by atoms with Crippen molar-refractivity contribution >= 4 is 16.9 Å². The van der Waals surface area contributed by atoms with Gasteiger partial charge in [0.2, 0.25) is 0 Å². The quantitative estimate of drug-likeness (QED) is 0.327. The molecule has 9 nitrogen and oxygen atoms in total. The number of methoxy groups -OCH3 is 1. The van der Waals surface area contributed by atoms with Crippen LogP contribution in [-0.2, 0) is 0 Å². The number of carbonyl (C=O) groups is 1. The topological polar surface area (TPSA) is 102 Å². The maximum Gasteiger partial charge on any atom is 0.255 e. The molecule has 1 aliphatic rings. The fourth-order valence-electron chi connectivity index (χ4n) is 5.86. The second-order valence-corrected chi connectivity index (χ2v) is 10.2. The number of aromatic nitrogens is 6. The van der Waals surface area contributed by atoms with Gasteiger partial charge in [-0.05, 0) is 104 Å². The standard InChI is InChI=1S/C30H31N7O2/c1-18-15-19(2)27(20(3)16-18)30(38)36-14-6-5-7-26(36)29-31-24-17-21(28-32-34-35-33-28)8-13-25(24)37(29)22-9-11-23(39-4)12-10-22/h8-13,15-17,26H,5-7,14H2,1-4H3,(H,32,33,34,35). The van der Waals surface area contributed by atoms with Gasteiger partial charge in [0.1, 0.15) is 11.6 Å². The predicted molar refractivity (Wildman–Crippen MR) is 149 cm³/mol. The zero-order chi connectivity index (χ0) is 27.1. The van der Waals surface area contributed by atoms with Crippen molar-refractivity contribution in [3.8, 4) is 22.8 Å². The lowest BCUT2D eigenvalue weighted by atomic mass is 9.95. The highest BCUT2D eigenvalue weighted by Gasteiger charge is 2.34. The zero-order valence-electron chi connectivity index (χ0n) is 22.6. The fourth-order valence-corrected chi connectivity index (χ4v) is 5.86. The van der Waals surface area contributed by atoms with E-state index in [0.717, 1.165) is 75.4 Å². The maximum atomic E-state index is 14.1. The van der Waals surface area contributed by atoms with Crippen molar-refractivity contribution in [3.63, 3.8) is 0 Å². The molecule has 3 heterocycles. The second-order valence-electron chi connectivity index (χ2n) is 10.2. The first kappa shape index (κ1) is 24.8. The second kappa shape index (κ2) is 9.98. The highest BCUT2D eigenvalue weighted by Crippen LogP contribution is 2.37. The number of nitrogens with zero attached hydrogens (tertiary/aromatic N) is 6. The molecule has 1 fully saturated rings. The molecule has 1 atom stereocenters. The fraction of sp³-hybridized carbons (Fsp3) is 0.300. The first-order valence-corrected chi connectivity index (χ1v) is 13.2. The third kappa shape index (κ3) is 4.43. The summed E-state index contributed by atoms with van der Waals surface area (Å²) in [5.41, 5.74) is 7.55. The summed E-state index contributed by atoms with van der Waals surface area (Å²) in [6, 6.07) is 18.0. The molecular formula is C30H31N7O2. The molecule has 198 valence electrons. The van der Waals surface area contributed by atoms with Gasteiger partial charge in [-0.1, -0.05) is 17.7 Å². The number of benzene rings is 3. The van der Waals surface area contributed by atoms with Crippen LogP contribution >= 0.6 is 0 Å². The molecule has 0 saturated carbocycles. The Kier molecular flexibility index (Phi) is 6.34. The zero-order valence-corrected chi connectivity index (χ0v) is 22.6. The van der Waals surface area contributed by atoms with Gasteiger partial charge in [0, 0.05) is 23.4 Å². The average Bonchev–Trinajstić information content (AvgIpc) is 3.61. The Morgan fingerprint density at radius 1 is 1.00 bits per heavy atom. The van der Waals surface area contributed by atoms with Crippen molar-refractivity contribution in [1.29, 1.82) is 0 Å². The van der Waals surface area contributed by atoms with Crippen LogP contribution in [0.2, 0.25) is 0 Å². The lowest BCUT2D eigenvalue weighted by molar-refractivity contribution is 0.0597. The number of aromatic amines is 1. The summed E-state index contributed by atoms with van der Waals surface area (Å²) in [6.07, 6.45) is 2.84. The number of hydrogen-bond acceptors (Lipinski definition) is 6. The van der Waals surface area contributed by atoms with E-state index in [9.17, 15) is 4.79 Å². The van der Waals surface area contributed by atoms with Gasteiger partial charge in [-0.25, -0.2) is 10.1 Å². The van der Waals surface area contributed by atoms with Crippen LogP contribution < -0.4 is 4.74 Å². The van der Waals surface area contributed by atoms with Crippen molar-refractivity contribution < 1.29 is 9.53 Å². The molecule has 2 aromatic heterocycles. The lowest BCUT2D eigenvalue weighted by Crippen LogP contribution is -2.40. The molecule has 1 aliphatic heterocycles. The Morgan fingerprint density at radius 3 is 2.46 bits per heavy atom. The number of ether oxygens (including phenoxy) is 1. The minimum absolute atomic E-state index is 0.0662. The van der Waals surface area contributed by atoms with Gasteiger partial charge >= 0.3 is 0 Å². The summed E-state index contributed by atoms with van der Waals surface area (Å²) in [4.78, 5) is 21.3. The number of imidazole rings is 1. The van der Waals surface area contributed by atoms with Crippen LogP contribution in [0.4, 0.5) is 0 Å². The molecule has 9 heteroatoms. The largest absolute Gasteiger partial charge is 0.497 e. The van der Waals surface area contributed by atoms with Crippen molar-refractivity contribution in [2.45, 2.75) is 46.1 Å². The third-order valence-electron chi connectivity index (χ3n) is 7.58. The van der Waals surface area contributed by atoms with Gasteiger partial charge < -0.3 is 9.64 Å². The van der Waals surface area contributed by atoms with Crippen LogP contribution in [0.5, 0.6) is 5.75 Å². The Bertz CT molecular complexity index is 1630. The normalized spacial score (nSPS) is 15.6. The summed E-state index contributed by atoms with van der Waals surface area (Å²) >= 11 is 0. The molecule has 0 aliphatic carbocycles. The van der Waals surface area contributed by atoms with Crippen LogP contribution in [0.1, 0.15) is 58.2 Å². The summed E-state index contributed by atoms with van der Waals surface area (Å²) in [5, 5.41) is 14.3. The van der Waals surface area contributed by atoms with E-state index < -0.39 is 0 Å². The van der Waals surface area contributed by atoms with Gasteiger partial charge in [0.25, 0.3) is 5.91 Å². The number of H-pyrrole nitrogens is 1. The molecule has 1 N–H and O–H groups in total. The number of nitrogens with one attached hydrogen (secondary N) is 1. The van der Waals surface area contributed by atoms with E-state index in [0.29, 0.717) is 12.4 Å². The lowest BCUT2D eigenvalue weighted by Gasteiger charge is -2.36. The smallest absolute Gasteiger partial charge is 0.255 e. The molecule has 3 aromatic carbocycles. The molecule has 0 radical (unpaired) electrons. The van der Waals surface area contributed by atoms with Gasteiger partial charge in [-0.3, -0.25) is 9.36 Å². The van der Waals surface area contributed by atoms with Crippen LogP contribution in [0.3, 0.4) is 0 Å². The Hall–Kier alpha value is -4.53. The Labute approximate surface area is 226 Å². The van der Waals surface area contributed by atoms with Crippen LogP contribution in [0.25, 0.3) is 28.1 Å². The van der Waals surface area contributed by atoms with E-state index in [1.54, 1.807) is 7.11 Å². The number of likely N-dealkylation sites (tertiary alicyclic amines) is 1. The number of fused-ring (bicyclic) bond motifs is 1. The molecule has 0 bridgehead atoms. The summed E-state index contributed by atoms with van der Waals surface area (Å²) in [7, 11) is 1.66. The van der Waals surface area contributed by atoms with Gasteiger partial charge in [0.05, 0.1) is 24.2 Å². The predicted octanol–water partition coefficient (Wildman–Crippen LogP) is 5.51. The van der Waals surface area contributed by atoms with Crippen molar-refractivity contribution in [3.05, 3.63) is 82.7 Å². The first-order chi connectivity index (χ1) is 18.9. The molecular weight excluding hydrogens is 490 g/mol. The van der Waals surface area contributed by atoms with Crippen LogP contribution in [-0.4, -0.2) is 54.6 Å². The number of tetrazole rings is 1. The van der Waals surface area contributed by atoms with Gasteiger partial charge in [-0.2, -0.15) is 0 Å². The van der Waals surface area contributed by atoms with Crippen LogP contribution in [0.15, 0.2) is 54.6 Å². The number of carbonyl (C=O) groups excluding carboxylic acids is 1. The number of aryl methyl sites for hydroxylation is 3. The summed E-state index contributed by atoms with van der Waals surface area (Å²) in [6.45, 7) is 6.81. The molecule has 0 spiro atoms. The maximum absolute atomic E-state index is 14.1. The van der Waals surface area contributed by atoms with E-state index in [-0.39, 0.29) is 11.9 Å². The summed E-state index contributed by atoms with van der Waals surface area (Å²) < 4.78 is 7.57. The monoisotopic (exact) mass is 521 g/mol. The number of amides is 1. The van der Waals surface area contributed by atoms with Gasteiger partial charge in [0.15, 0.2) is 5.82 Å². The van der Waals surface area contributed by atoms with Crippen molar-refractivity contribution in [2.75, 3.05) is 13.7 Å². The van der Waals surface area contributed by atoms with Crippen LogP contribution in [0, 0.1) is 20.8 Å². The Morgan fingerprint density at radius 2 is 1.77 bits per heavy atom. The minimum atomic E-state index is -0.170. The molecule has 39 heavy (non-hydrogen) atoms. The molecule has 5 aromatic rings. The molecule has 1 saturated heterocycles. The van der Waals surface area contributed by atoms with E-state index in [2.05, 4.69) is 44.2 Å². The molecule has 1 amide bonds. The number of hydrogen-bond donors (Lipinski definition) is 1. The van der Waals surface area contributed by atoms with E-state index in [1.807, 2.05) is 61.2 Å². The average molecular weight is 522 g/mol. The number of rotatable bonds is 5. The van der Waals surface area contributed by atoms with Gasteiger partial charge in [-0.15, -0.1) is 5.10 Å². The molecule has 1 unspecified atom stereocenters. The minimum Gasteiger partial charge on any atom is -0.497 e.